The summed E-state index contributed by atoms with van der Waals surface area (Å²) < 4.78 is 0. The van der Waals surface area contributed by atoms with Crippen molar-refractivity contribution in [2.24, 2.45) is 0 Å². The molecule has 0 bridgehead atoms. The molecular weight excluding hydrogens is 396 g/mol. The molecular formula is C29H46O3. The third kappa shape index (κ3) is 6.92. The number of aryl methyl sites for hydroxylation is 1. The molecule has 0 saturated carbocycles. The molecule has 2 rings (SSSR count). The van der Waals surface area contributed by atoms with Gasteiger partial charge in [0.05, 0.1) is 0 Å². The third-order valence-corrected chi connectivity index (χ3v) is 5.60. The zero-order chi connectivity index (χ0) is 25.4. The van der Waals surface area contributed by atoms with Gasteiger partial charge in [-0.05, 0) is 51.8 Å². The first kappa shape index (κ1) is 27.9. The van der Waals surface area contributed by atoms with Crippen molar-refractivity contribution in [2.75, 3.05) is 0 Å². The summed E-state index contributed by atoms with van der Waals surface area (Å²) in [7, 11) is 0. The van der Waals surface area contributed by atoms with Crippen LogP contribution in [0.4, 0.5) is 0 Å². The molecule has 0 aromatic heterocycles. The fourth-order valence-corrected chi connectivity index (χ4v) is 3.70. The quantitative estimate of drug-likeness (QED) is 0.362. The molecule has 0 spiro atoms. The molecule has 0 atom stereocenters. The number of phenolic OH excluding ortho intramolecular Hbond substituents is 3. The van der Waals surface area contributed by atoms with E-state index < -0.39 is 0 Å². The zero-order valence-corrected chi connectivity index (χ0v) is 22.7. The summed E-state index contributed by atoms with van der Waals surface area (Å²) in [6.07, 6.45) is 0. The van der Waals surface area contributed by atoms with Gasteiger partial charge in [-0.25, -0.2) is 0 Å². The number of benzene rings is 2. The molecule has 32 heavy (non-hydrogen) atoms. The van der Waals surface area contributed by atoms with E-state index >= 15 is 0 Å². The SMILES string of the molecule is CC(C)(C)c1cc(O)c(C(C)(C)C)cc1O.Cc1cc(C(C)(C)C)c(O)c(C(C)(C)C)c1. The van der Waals surface area contributed by atoms with Gasteiger partial charge in [-0.2, -0.15) is 0 Å². The molecule has 2 aromatic carbocycles. The van der Waals surface area contributed by atoms with Crippen LogP contribution >= 0.6 is 0 Å². The Bertz CT molecular complexity index is 866. The maximum absolute atomic E-state index is 10.4. The Labute approximate surface area is 196 Å². The fraction of sp³-hybridized carbons (Fsp3) is 0.586. The molecule has 0 aliphatic rings. The zero-order valence-electron chi connectivity index (χ0n) is 22.7. The summed E-state index contributed by atoms with van der Waals surface area (Å²) >= 11 is 0. The maximum atomic E-state index is 10.4. The largest absolute Gasteiger partial charge is 0.508 e. The summed E-state index contributed by atoms with van der Waals surface area (Å²) in [4.78, 5) is 0. The molecule has 0 amide bonds. The van der Waals surface area contributed by atoms with E-state index in [4.69, 9.17) is 0 Å². The number of hydrogen-bond donors (Lipinski definition) is 3. The molecule has 0 aliphatic heterocycles. The lowest BCUT2D eigenvalue weighted by molar-refractivity contribution is 0.419. The molecule has 0 fully saturated rings. The number of rotatable bonds is 0. The third-order valence-electron chi connectivity index (χ3n) is 5.60. The van der Waals surface area contributed by atoms with Crippen molar-refractivity contribution in [3.8, 4) is 17.2 Å². The molecule has 0 radical (unpaired) electrons. The highest BCUT2D eigenvalue weighted by Gasteiger charge is 2.26. The average molecular weight is 443 g/mol. The minimum Gasteiger partial charge on any atom is -0.508 e. The molecule has 0 aliphatic carbocycles. The van der Waals surface area contributed by atoms with Crippen molar-refractivity contribution in [3.05, 3.63) is 52.1 Å². The van der Waals surface area contributed by atoms with Gasteiger partial charge in [0.2, 0.25) is 0 Å². The van der Waals surface area contributed by atoms with Gasteiger partial charge in [-0.3, -0.25) is 0 Å². The lowest BCUT2D eigenvalue weighted by Crippen LogP contribution is -2.17. The van der Waals surface area contributed by atoms with Crippen LogP contribution < -0.4 is 0 Å². The van der Waals surface area contributed by atoms with E-state index in [1.165, 1.54) is 5.56 Å². The van der Waals surface area contributed by atoms with Crippen molar-refractivity contribution in [1.29, 1.82) is 0 Å². The van der Waals surface area contributed by atoms with Crippen molar-refractivity contribution in [1.82, 2.24) is 0 Å². The molecule has 3 heteroatoms. The average Bonchev–Trinajstić information content (AvgIpc) is 2.55. The van der Waals surface area contributed by atoms with Crippen molar-refractivity contribution in [2.45, 2.75) is 112 Å². The first-order chi connectivity index (χ1) is 14.1. The predicted molar refractivity (Wildman–Crippen MR) is 137 cm³/mol. The molecule has 180 valence electrons. The van der Waals surface area contributed by atoms with Gasteiger partial charge in [-0.15, -0.1) is 0 Å². The van der Waals surface area contributed by atoms with Crippen LogP contribution in [0.25, 0.3) is 0 Å². The van der Waals surface area contributed by atoms with Gasteiger partial charge in [-0.1, -0.05) is 101 Å². The molecule has 0 saturated heterocycles. The van der Waals surface area contributed by atoms with Crippen LogP contribution in [0.1, 0.15) is 111 Å². The number of aromatic hydroxyl groups is 3. The van der Waals surface area contributed by atoms with Crippen molar-refractivity contribution in [3.63, 3.8) is 0 Å². The van der Waals surface area contributed by atoms with Crippen LogP contribution in [0.15, 0.2) is 24.3 Å². The predicted octanol–water partition coefficient (Wildman–Crippen LogP) is 7.99. The lowest BCUT2D eigenvalue weighted by atomic mass is 9.78. The van der Waals surface area contributed by atoms with Gasteiger partial charge in [0, 0.05) is 11.1 Å². The number of phenols is 3. The molecule has 3 nitrogen and oxygen atoms in total. The maximum Gasteiger partial charge on any atom is 0.123 e. The van der Waals surface area contributed by atoms with E-state index in [-0.39, 0.29) is 33.2 Å². The highest BCUT2D eigenvalue weighted by Crippen LogP contribution is 2.40. The minimum absolute atomic E-state index is 0.0178. The summed E-state index contributed by atoms with van der Waals surface area (Å²) in [5, 5.41) is 30.4. The fourth-order valence-electron chi connectivity index (χ4n) is 3.70. The van der Waals surface area contributed by atoms with Crippen molar-refractivity contribution < 1.29 is 15.3 Å². The lowest BCUT2D eigenvalue weighted by Gasteiger charge is -2.27. The summed E-state index contributed by atoms with van der Waals surface area (Å²) in [5.74, 6) is 0.982. The smallest absolute Gasteiger partial charge is 0.123 e. The number of hydrogen-bond acceptors (Lipinski definition) is 3. The minimum atomic E-state index is -0.169. The Morgan fingerprint density at radius 3 is 0.906 bits per heavy atom. The summed E-state index contributed by atoms with van der Waals surface area (Å²) in [5.41, 5.74) is 4.47. The Kier molecular flexibility index (Phi) is 7.84. The van der Waals surface area contributed by atoms with Crippen LogP contribution in [-0.2, 0) is 21.7 Å². The summed E-state index contributed by atoms with van der Waals surface area (Å²) in [6.45, 7) is 27.0. The highest BCUT2D eigenvalue weighted by atomic mass is 16.3. The molecule has 2 aromatic rings. The monoisotopic (exact) mass is 442 g/mol. The van der Waals surface area contributed by atoms with Crippen LogP contribution in [0.5, 0.6) is 17.2 Å². The molecule has 3 N–H and O–H groups in total. The Balaban J connectivity index is 0.000000320. The van der Waals surface area contributed by atoms with Gasteiger partial charge in [0.25, 0.3) is 0 Å². The van der Waals surface area contributed by atoms with Gasteiger partial charge < -0.3 is 15.3 Å². The van der Waals surface area contributed by atoms with Crippen molar-refractivity contribution >= 4 is 0 Å². The van der Waals surface area contributed by atoms with Gasteiger partial charge in [0.15, 0.2) is 0 Å². The van der Waals surface area contributed by atoms with Crippen LogP contribution in [0.2, 0.25) is 0 Å². The van der Waals surface area contributed by atoms with Crippen LogP contribution in [0, 0.1) is 6.92 Å². The highest BCUT2D eigenvalue weighted by molar-refractivity contribution is 5.51. The van der Waals surface area contributed by atoms with E-state index in [1.807, 2.05) is 41.5 Å². The Morgan fingerprint density at radius 1 is 0.438 bits per heavy atom. The Morgan fingerprint density at radius 2 is 0.688 bits per heavy atom. The first-order valence-electron chi connectivity index (χ1n) is 11.5. The summed E-state index contributed by atoms with van der Waals surface area (Å²) in [6, 6.07) is 7.53. The van der Waals surface area contributed by atoms with E-state index in [2.05, 4.69) is 60.6 Å². The van der Waals surface area contributed by atoms with E-state index in [0.717, 1.165) is 22.3 Å². The second-order valence-corrected chi connectivity index (χ2v) is 13.1. The first-order valence-corrected chi connectivity index (χ1v) is 11.5. The van der Waals surface area contributed by atoms with E-state index in [0.29, 0.717) is 5.75 Å². The van der Waals surface area contributed by atoms with Gasteiger partial charge in [0.1, 0.15) is 17.2 Å². The topological polar surface area (TPSA) is 60.7 Å². The van der Waals surface area contributed by atoms with E-state index in [9.17, 15) is 15.3 Å². The Hall–Kier alpha value is -2.16. The second kappa shape index (κ2) is 9.00. The van der Waals surface area contributed by atoms with Crippen LogP contribution in [0.3, 0.4) is 0 Å². The van der Waals surface area contributed by atoms with Gasteiger partial charge >= 0.3 is 0 Å². The molecule has 0 unspecified atom stereocenters. The second-order valence-electron chi connectivity index (χ2n) is 13.1. The normalized spacial score (nSPS) is 12.9. The van der Waals surface area contributed by atoms with E-state index in [1.54, 1.807) is 12.1 Å². The molecule has 0 heterocycles. The standard InChI is InChI=1S/C15H24O.C14H22O2/c1-10-8-11(14(2,3)4)13(16)12(9-10)15(5,6)7;1-13(2,3)9-7-12(16)10(8-11(9)15)14(4,5)6/h8-9,16H,1-7H3;7-8,15-16H,1-6H3. The van der Waals surface area contributed by atoms with Crippen LogP contribution in [-0.4, -0.2) is 15.3 Å².